The number of hydrogen-bond donors (Lipinski definition) is 0. The second kappa shape index (κ2) is 7.87. The van der Waals surface area contributed by atoms with Crippen molar-refractivity contribution >= 4 is 28.2 Å². The Morgan fingerprint density at radius 2 is 2.04 bits per heavy atom. The molecule has 0 aliphatic rings. The highest BCUT2D eigenvalue weighted by Crippen LogP contribution is 2.31. The Bertz CT molecular complexity index is 731. The summed E-state index contributed by atoms with van der Waals surface area (Å²) < 4.78 is 24.5. The predicted molar refractivity (Wildman–Crippen MR) is 86.9 cm³/mol. The van der Waals surface area contributed by atoms with E-state index in [2.05, 4.69) is 15.9 Å². The fraction of sp³-hybridized carbons (Fsp3) is 0.176. The third-order valence-electron chi connectivity index (χ3n) is 3.05. The van der Waals surface area contributed by atoms with E-state index < -0.39 is 11.8 Å². The summed E-state index contributed by atoms with van der Waals surface area (Å²) in [4.78, 5) is 22.8. The highest BCUT2D eigenvalue weighted by molar-refractivity contribution is 9.08. The summed E-state index contributed by atoms with van der Waals surface area (Å²) >= 11 is 3.30. The van der Waals surface area contributed by atoms with Crippen molar-refractivity contribution in [2.75, 3.05) is 6.61 Å². The zero-order valence-electron chi connectivity index (χ0n) is 12.3. The average Bonchev–Trinajstić information content (AvgIpc) is 2.56. The molecule has 23 heavy (non-hydrogen) atoms. The van der Waals surface area contributed by atoms with Crippen LogP contribution in [0, 0.1) is 5.82 Å². The quantitative estimate of drug-likeness (QED) is 0.420. The van der Waals surface area contributed by atoms with E-state index in [4.69, 9.17) is 9.47 Å². The Morgan fingerprint density at radius 1 is 1.26 bits per heavy atom. The van der Waals surface area contributed by atoms with Crippen LogP contribution in [0.3, 0.4) is 0 Å². The number of hydrogen-bond acceptors (Lipinski definition) is 4. The van der Waals surface area contributed by atoms with Crippen molar-refractivity contribution in [2.24, 2.45) is 0 Å². The van der Waals surface area contributed by atoms with E-state index in [1.54, 1.807) is 25.1 Å². The van der Waals surface area contributed by atoms with Gasteiger partial charge in [-0.3, -0.25) is 4.79 Å². The molecule has 0 saturated carbocycles. The third-order valence-corrected chi connectivity index (χ3v) is 3.65. The zero-order valence-corrected chi connectivity index (χ0v) is 13.9. The predicted octanol–water partition coefficient (Wildman–Crippen LogP) is 4.50. The Morgan fingerprint density at radius 3 is 2.65 bits per heavy atom. The molecule has 4 nitrogen and oxygen atoms in total. The maximum Gasteiger partial charge on any atom is 0.342 e. The van der Waals surface area contributed by atoms with Gasteiger partial charge in [0.15, 0.2) is 11.6 Å². The third kappa shape index (κ3) is 3.96. The maximum absolute atomic E-state index is 14.0. The summed E-state index contributed by atoms with van der Waals surface area (Å²) in [6.45, 7) is 1.92. The minimum Gasteiger partial charge on any atom is -0.462 e. The second-order valence-electron chi connectivity index (χ2n) is 4.55. The van der Waals surface area contributed by atoms with Gasteiger partial charge in [0.1, 0.15) is 17.6 Å². The lowest BCUT2D eigenvalue weighted by molar-refractivity contribution is 0.0522. The first-order chi connectivity index (χ1) is 11.1. The Hall–Kier alpha value is -2.21. The van der Waals surface area contributed by atoms with Crippen molar-refractivity contribution in [1.82, 2.24) is 0 Å². The van der Waals surface area contributed by atoms with Crippen LogP contribution < -0.4 is 4.74 Å². The molecule has 2 aromatic rings. The summed E-state index contributed by atoms with van der Waals surface area (Å²) in [5.41, 5.74) is 1.12. The van der Waals surface area contributed by atoms with E-state index in [1.165, 1.54) is 12.1 Å². The molecule has 0 amide bonds. The molecule has 0 aromatic heterocycles. The van der Waals surface area contributed by atoms with E-state index in [0.29, 0.717) is 17.2 Å². The van der Waals surface area contributed by atoms with Crippen LogP contribution in [-0.2, 0) is 10.1 Å². The van der Waals surface area contributed by atoms with Gasteiger partial charge < -0.3 is 9.47 Å². The molecule has 0 N–H and O–H groups in total. The minimum atomic E-state index is -0.686. The molecule has 2 aromatic carbocycles. The molecule has 0 heterocycles. The molecular formula is C17H14BrFO4. The van der Waals surface area contributed by atoms with Crippen LogP contribution in [0.5, 0.6) is 11.5 Å². The van der Waals surface area contributed by atoms with Gasteiger partial charge in [-0.2, -0.15) is 0 Å². The van der Waals surface area contributed by atoms with Gasteiger partial charge in [-0.15, -0.1) is 0 Å². The molecule has 0 radical (unpaired) electrons. The molecule has 2 rings (SSSR count). The van der Waals surface area contributed by atoms with Crippen LogP contribution in [-0.4, -0.2) is 18.9 Å². The van der Waals surface area contributed by atoms with Gasteiger partial charge in [-0.25, -0.2) is 9.18 Å². The van der Waals surface area contributed by atoms with Crippen LogP contribution in [0.1, 0.15) is 33.2 Å². The first-order valence-corrected chi connectivity index (χ1v) is 8.00. The van der Waals surface area contributed by atoms with Crippen molar-refractivity contribution in [2.45, 2.75) is 12.3 Å². The number of halogens is 2. The van der Waals surface area contributed by atoms with E-state index in [0.717, 1.165) is 6.07 Å². The number of aldehydes is 1. The van der Waals surface area contributed by atoms with Gasteiger partial charge in [0.05, 0.1) is 6.61 Å². The first kappa shape index (κ1) is 17.1. The SMILES string of the molecule is CCOC(=O)c1c(CBr)cccc1Oc1ccc(C=O)cc1F. The van der Waals surface area contributed by atoms with E-state index in [-0.39, 0.29) is 29.2 Å². The number of rotatable bonds is 6. The topological polar surface area (TPSA) is 52.6 Å². The molecule has 0 spiro atoms. The van der Waals surface area contributed by atoms with Gasteiger partial charge in [-0.1, -0.05) is 28.1 Å². The van der Waals surface area contributed by atoms with Gasteiger partial charge in [0.2, 0.25) is 0 Å². The number of carbonyl (C=O) groups excluding carboxylic acids is 2. The normalized spacial score (nSPS) is 10.2. The number of carbonyl (C=O) groups is 2. The second-order valence-corrected chi connectivity index (χ2v) is 5.11. The largest absolute Gasteiger partial charge is 0.462 e. The Balaban J connectivity index is 2.43. The van der Waals surface area contributed by atoms with E-state index in [9.17, 15) is 14.0 Å². The van der Waals surface area contributed by atoms with Crippen molar-refractivity contribution < 1.29 is 23.5 Å². The van der Waals surface area contributed by atoms with Crippen LogP contribution in [0.25, 0.3) is 0 Å². The highest BCUT2D eigenvalue weighted by atomic mass is 79.9. The van der Waals surface area contributed by atoms with Crippen LogP contribution >= 0.6 is 15.9 Å². The molecule has 0 aliphatic carbocycles. The van der Waals surface area contributed by atoms with Gasteiger partial charge >= 0.3 is 5.97 Å². The van der Waals surface area contributed by atoms with Crippen molar-refractivity contribution in [3.63, 3.8) is 0 Å². The Labute approximate surface area is 141 Å². The lowest BCUT2D eigenvalue weighted by Gasteiger charge is -2.14. The monoisotopic (exact) mass is 380 g/mol. The number of esters is 1. The number of alkyl halides is 1. The lowest BCUT2D eigenvalue weighted by atomic mass is 10.1. The molecule has 0 saturated heterocycles. The van der Waals surface area contributed by atoms with E-state index in [1.807, 2.05) is 0 Å². The smallest absolute Gasteiger partial charge is 0.342 e. The lowest BCUT2D eigenvalue weighted by Crippen LogP contribution is -2.09. The van der Waals surface area contributed by atoms with E-state index >= 15 is 0 Å². The molecule has 0 atom stereocenters. The molecule has 6 heteroatoms. The van der Waals surface area contributed by atoms with Crippen LogP contribution in [0.15, 0.2) is 36.4 Å². The summed E-state index contributed by atoms with van der Waals surface area (Å²) in [6.07, 6.45) is 0.544. The average molecular weight is 381 g/mol. The highest BCUT2D eigenvalue weighted by Gasteiger charge is 2.19. The van der Waals surface area contributed by atoms with Crippen molar-refractivity contribution in [3.05, 3.63) is 58.9 Å². The fourth-order valence-electron chi connectivity index (χ4n) is 2.00. The maximum atomic E-state index is 14.0. The summed E-state index contributed by atoms with van der Waals surface area (Å²) in [5, 5.41) is 0.422. The summed E-state index contributed by atoms with van der Waals surface area (Å²) in [7, 11) is 0. The fourth-order valence-corrected chi connectivity index (χ4v) is 2.47. The molecular weight excluding hydrogens is 367 g/mol. The minimum absolute atomic E-state index is 0.0760. The van der Waals surface area contributed by atoms with Crippen LogP contribution in [0.2, 0.25) is 0 Å². The summed E-state index contributed by atoms with van der Waals surface area (Å²) in [5.74, 6) is -1.11. The number of benzene rings is 2. The van der Waals surface area contributed by atoms with Crippen LogP contribution in [0.4, 0.5) is 4.39 Å². The molecule has 0 fully saturated rings. The van der Waals surface area contributed by atoms with Gasteiger partial charge in [-0.05, 0) is 36.8 Å². The zero-order chi connectivity index (χ0) is 16.8. The molecule has 120 valence electrons. The summed E-state index contributed by atoms with van der Waals surface area (Å²) in [6, 6.07) is 8.86. The molecule has 0 bridgehead atoms. The Kier molecular flexibility index (Phi) is 5.87. The van der Waals surface area contributed by atoms with Crippen molar-refractivity contribution in [1.29, 1.82) is 0 Å². The van der Waals surface area contributed by atoms with Gasteiger partial charge in [0, 0.05) is 10.9 Å². The first-order valence-electron chi connectivity index (χ1n) is 6.88. The molecule has 0 aliphatic heterocycles. The number of ether oxygens (including phenoxy) is 2. The van der Waals surface area contributed by atoms with Gasteiger partial charge in [0.25, 0.3) is 0 Å². The van der Waals surface area contributed by atoms with Crippen molar-refractivity contribution in [3.8, 4) is 11.5 Å². The molecule has 0 unspecified atom stereocenters. The standard InChI is InChI=1S/C17H14BrFO4/c1-2-22-17(21)16-12(9-18)4-3-5-15(16)23-14-7-6-11(10-20)8-13(14)19/h3-8,10H,2,9H2,1H3.